The number of hydrogen-bond donors (Lipinski definition) is 1. The fraction of sp³-hybridized carbons (Fsp3) is 0.125. The molecule has 1 aromatic carbocycles. The number of aromatic amines is 1. The van der Waals surface area contributed by atoms with Crippen LogP contribution < -0.4 is 0 Å². The van der Waals surface area contributed by atoms with E-state index < -0.39 is 0 Å². The first-order valence-electron chi connectivity index (χ1n) is 3.44. The minimum absolute atomic E-state index is 0.904. The van der Waals surface area contributed by atoms with Gasteiger partial charge < -0.3 is 0 Å². The molecule has 2 nitrogen and oxygen atoms in total. The van der Waals surface area contributed by atoms with Gasteiger partial charge in [0.1, 0.15) is 0 Å². The van der Waals surface area contributed by atoms with Gasteiger partial charge in [-0.2, -0.15) is 0 Å². The summed E-state index contributed by atoms with van der Waals surface area (Å²) in [7, 11) is 0. The number of H-pyrrole nitrogens is 1. The van der Waals surface area contributed by atoms with Gasteiger partial charge in [0.15, 0.2) is 0 Å². The summed E-state index contributed by atoms with van der Waals surface area (Å²) in [6.07, 6.45) is 0. The van der Waals surface area contributed by atoms with Gasteiger partial charge in [0, 0.05) is 0 Å². The molecule has 54 valence electrons. The Hall–Kier alpha value is -0.752. The van der Waals surface area contributed by atoms with E-state index in [9.17, 15) is 0 Å². The third-order valence-electron chi connectivity index (χ3n) is 1.59. The second-order valence-corrected chi connectivity index (χ2v) is 3.02. The van der Waals surface area contributed by atoms with Crippen molar-refractivity contribution in [1.82, 2.24) is 9.97 Å². The van der Waals surface area contributed by atoms with Gasteiger partial charge in [-0.3, -0.25) is 0 Å². The zero-order valence-electron chi connectivity index (χ0n) is 5.91. The predicted molar refractivity (Wildman–Crippen MR) is 45.6 cm³/mol. The summed E-state index contributed by atoms with van der Waals surface area (Å²) < 4.78 is 0. The van der Waals surface area contributed by atoms with Crippen molar-refractivity contribution in [2.45, 2.75) is 5.21 Å². The molecule has 0 amide bonds. The van der Waals surface area contributed by atoms with E-state index in [1.807, 2.05) is 24.3 Å². The van der Waals surface area contributed by atoms with Gasteiger partial charge in [-0.1, -0.05) is 0 Å². The van der Waals surface area contributed by atoms with Gasteiger partial charge in [0.05, 0.1) is 0 Å². The molecule has 1 N–H and O–H groups in total. The quantitative estimate of drug-likeness (QED) is 0.698. The Morgan fingerprint density at radius 2 is 2.18 bits per heavy atom. The number of hydrogen-bond acceptors (Lipinski definition) is 1. The molecule has 2 radical (unpaired) electrons. The first-order valence-corrected chi connectivity index (χ1v) is 4.77. The van der Waals surface area contributed by atoms with Crippen LogP contribution in [-0.4, -0.2) is 26.8 Å². The summed E-state index contributed by atoms with van der Waals surface area (Å²) in [5.74, 6) is 1.03. The van der Waals surface area contributed by atoms with Crippen LogP contribution in [0.4, 0.5) is 0 Å². The molecule has 0 bridgehead atoms. The Kier molecular flexibility index (Phi) is 1.70. The monoisotopic (exact) mass is 206 g/mol. The normalized spacial score (nSPS) is 10.6. The SMILES string of the molecule is [As]Cc1nc2ccccc2[nH]1. The Morgan fingerprint density at radius 3 is 2.91 bits per heavy atom. The van der Waals surface area contributed by atoms with E-state index in [0.717, 1.165) is 22.1 Å². The molecule has 0 spiro atoms. The van der Waals surface area contributed by atoms with Gasteiger partial charge in [-0.25, -0.2) is 0 Å². The van der Waals surface area contributed by atoms with Crippen LogP contribution in [0.15, 0.2) is 24.3 Å². The predicted octanol–water partition coefficient (Wildman–Crippen LogP) is 1.23. The van der Waals surface area contributed by atoms with E-state index in [1.165, 1.54) is 0 Å². The van der Waals surface area contributed by atoms with Crippen molar-refractivity contribution in [3.63, 3.8) is 0 Å². The van der Waals surface area contributed by atoms with Gasteiger partial charge in [-0.05, 0) is 0 Å². The number of benzene rings is 1. The van der Waals surface area contributed by atoms with Crippen molar-refractivity contribution in [1.29, 1.82) is 0 Å². The van der Waals surface area contributed by atoms with Crippen molar-refractivity contribution in [3.8, 4) is 0 Å². The molecular formula is C8H7AsN2. The standard InChI is InChI=1S/C8H7AsN2/c9-5-8-10-6-3-1-2-4-7(6)11-8/h1-4H,5H2,(H,10,11). The molecule has 2 rings (SSSR count). The summed E-state index contributed by atoms with van der Waals surface area (Å²) in [5, 5.41) is 0.904. The molecule has 0 saturated heterocycles. The zero-order valence-corrected chi connectivity index (χ0v) is 7.79. The van der Waals surface area contributed by atoms with Gasteiger partial charge in [0.2, 0.25) is 0 Å². The van der Waals surface area contributed by atoms with Crippen molar-refractivity contribution in [2.75, 3.05) is 0 Å². The fourth-order valence-electron chi connectivity index (χ4n) is 1.08. The summed E-state index contributed by atoms with van der Waals surface area (Å²) in [4.78, 5) is 7.58. The maximum absolute atomic E-state index is 4.36. The third-order valence-corrected chi connectivity index (χ3v) is 2.22. The third kappa shape index (κ3) is 1.19. The summed E-state index contributed by atoms with van der Waals surface area (Å²) in [6, 6.07) is 8.05. The number of imidazole rings is 1. The Morgan fingerprint density at radius 1 is 1.36 bits per heavy atom. The molecule has 0 unspecified atom stereocenters. The maximum atomic E-state index is 4.36. The molecule has 0 aliphatic heterocycles. The zero-order chi connectivity index (χ0) is 7.68. The van der Waals surface area contributed by atoms with E-state index in [4.69, 9.17) is 0 Å². The van der Waals surface area contributed by atoms with Crippen LogP contribution in [0.3, 0.4) is 0 Å². The van der Waals surface area contributed by atoms with E-state index in [-0.39, 0.29) is 0 Å². The first kappa shape index (κ1) is 6.93. The number of nitrogens with zero attached hydrogens (tertiary/aromatic N) is 1. The van der Waals surface area contributed by atoms with Crippen LogP contribution in [0.25, 0.3) is 11.0 Å². The average Bonchev–Trinajstić information content (AvgIpc) is 2.46. The molecule has 0 aliphatic carbocycles. The molecule has 0 fully saturated rings. The molecule has 11 heavy (non-hydrogen) atoms. The summed E-state index contributed by atoms with van der Waals surface area (Å²) in [6.45, 7) is 0. The number of rotatable bonds is 1. The summed E-state index contributed by atoms with van der Waals surface area (Å²) >= 11 is 2.51. The average molecular weight is 206 g/mol. The number of para-hydroxylation sites is 2. The van der Waals surface area contributed by atoms with Crippen LogP contribution in [-0.2, 0) is 5.21 Å². The van der Waals surface area contributed by atoms with Gasteiger partial charge >= 0.3 is 73.2 Å². The van der Waals surface area contributed by atoms with E-state index in [1.54, 1.807) is 0 Å². The Bertz CT molecular complexity index is 334. The minimum atomic E-state index is 0.904. The number of aromatic nitrogens is 2. The molecule has 3 heteroatoms. The topological polar surface area (TPSA) is 28.7 Å². The number of nitrogens with one attached hydrogen (secondary N) is 1. The molecule has 0 saturated carbocycles. The van der Waals surface area contributed by atoms with Crippen molar-refractivity contribution in [2.24, 2.45) is 0 Å². The van der Waals surface area contributed by atoms with E-state index >= 15 is 0 Å². The molecule has 0 atom stereocenters. The molecule has 1 heterocycles. The van der Waals surface area contributed by atoms with Crippen molar-refractivity contribution >= 4 is 27.9 Å². The fourth-order valence-corrected chi connectivity index (χ4v) is 1.39. The van der Waals surface area contributed by atoms with Crippen LogP contribution in [0.5, 0.6) is 0 Å². The molecular weight excluding hydrogens is 199 g/mol. The van der Waals surface area contributed by atoms with E-state index in [0.29, 0.717) is 0 Å². The summed E-state index contributed by atoms with van der Waals surface area (Å²) in [5.41, 5.74) is 2.17. The number of fused-ring (bicyclic) bond motifs is 1. The van der Waals surface area contributed by atoms with Crippen molar-refractivity contribution < 1.29 is 0 Å². The molecule has 0 aliphatic rings. The second-order valence-electron chi connectivity index (χ2n) is 2.36. The first-order chi connectivity index (χ1) is 5.40. The Balaban J connectivity index is 2.69. The van der Waals surface area contributed by atoms with Crippen LogP contribution in [0, 0.1) is 0 Å². The van der Waals surface area contributed by atoms with Crippen LogP contribution in [0.2, 0.25) is 0 Å². The van der Waals surface area contributed by atoms with E-state index in [2.05, 4.69) is 26.8 Å². The van der Waals surface area contributed by atoms with Crippen LogP contribution >= 0.6 is 0 Å². The van der Waals surface area contributed by atoms with Gasteiger partial charge in [0.25, 0.3) is 0 Å². The van der Waals surface area contributed by atoms with Crippen molar-refractivity contribution in [3.05, 3.63) is 30.1 Å². The second kappa shape index (κ2) is 2.71. The molecule has 1 aromatic heterocycles. The van der Waals surface area contributed by atoms with Gasteiger partial charge in [-0.15, -0.1) is 0 Å². The Labute approximate surface area is 73.5 Å². The van der Waals surface area contributed by atoms with Crippen LogP contribution in [0.1, 0.15) is 5.82 Å². The molecule has 2 aromatic rings.